The summed E-state index contributed by atoms with van der Waals surface area (Å²) in [5, 5.41) is 8.92. The second-order valence-corrected chi connectivity index (χ2v) is 5.30. The van der Waals surface area contributed by atoms with Crippen LogP contribution in [0.5, 0.6) is 0 Å². The van der Waals surface area contributed by atoms with Gasteiger partial charge in [-0.1, -0.05) is 25.1 Å². The molecule has 0 aliphatic rings. The molecule has 1 aromatic carbocycles. The lowest BCUT2D eigenvalue weighted by Crippen LogP contribution is -2.45. The van der Waals surface area contributed by atoms with Crippen LogP contribution in [-0.2, 0) is 9.59 Å². The third-order valence-electron chi connectivity index (χ3n) is 3.08. The molecule has 0 spiro atoms. The molecule has 0 saturated carbocycles. The molecule has 0 aliphatic heterocycles. The maximum atomic E-state index is 12.5. The first-order valence-electron chi connectivity index (χ1n) is 7.27. The molecular formula is C16H25ClN2O3. The number of hydrogen-bond acceptors (Lipinski definition) is 3. The molecule has 0 saturated heterocycles. The number of carboxylic acid groups (broad SMARTS) is 1. The summed E-state index contributed by atoms with van der Waals surface area (Å²) in [5.74, 6) is -0.988. The van der Waals surface area contributed by atoms with Crippen molar-refractivity contribution in [3.05, 3.63) is 30.3 Å². The van der Waals surface area contributed by atoms with Crippen molar-refractivity contribution in [1.82, 2.24) is 4.90 Å². The van der Waals surface area contributed by atoms with E-state index in [2.05, 4.69) is 0 Å². The van der Waals surface area contributed by atoms with Crippen LogP contribution in [0, 0.1) is 0 Å². The Bertz CT molecular complexity index is 466. The summed E-state index contributed by atoms with van der Waals surface area (Å²) in [4.78, 5) is 26.8. The highest BCUT2D eigenvalue weighted by molar-refractivity contribution is 5.95. The Morgan fingerprint density at radius 1 is 1.14 bits per heavy atom. The molecule has 1 rings (SSSR count). The van der Waals surface area contributed by atoms with Gasteiger partial charge in [0.25, 0.3) is 0 Å². The molecule has 0 aliphatic carbocycles. The fourth-order valence-corrected chi connectivity index (χ4v) is 2.31. The Kier molecular flexibility index (Phi) is 9.45. The summed E-state index contributed by atoms with van der Waals surface area (Å²) in [6.45, 7) is 6.47. The molecule has 1 aromatic rings. The Morgan fingerprint density at radius 3 is 2.18 bits per heavy atom. The first kappa shape index (κ1) is 20.4. The largest absolute Gasteiger partial charge is 0.480 e. The number of para-hydroxylation sites is 1. The van der Waals surface area contributed by atoms with Crippen LogP contribution in [-0.4, -0.2) is 47.6 Å². The second-order valence-electron chi connectivity index (χ2n) is 5.30. The Morgan fingerprint density at radius 2 is 1.73 bits per heavy atom. The van der Waals surface area contributed by atoms with Gasteiger partial charge in [0.15, 0.2) is 0 Å². The number of carbonyl (C=O) groups excluding carboxylic acids is 1. The van der Waals surface area contributed by atoms with Gasteiger partial charge in [-0.05, 0) is 38.9 Å². The number of carbonyl (C=O) groups is 2. The lowest BCUT2D eigenvalue weighted by molar-refractivity contribution is -0.138. The minimum absolute atomic E-state index is 0. The first-order valence-corrected chi connectivity index (χ1v) is 7.27. The normalized spacial score (nSPS) is 10.4. The number of anilines is 1. The molecule has 1 N–H and O–H groups in total. The number of benzene rings is 1. The molecule has 6 heteroatoms. The van der Waals surface area contributed by atoms with Crippen LogP contribution >= 0.6 is 12.4 Å². The van der Waals surface area contributed by atoms with Crippen LogP contribution in [0.25, 0.3) is 0 Å². The molecule has 0 fully saturated rings. The van der Waals surface area contributed by atoms with Crippen LogP contribution in [0.15, 0.2) is 30.3 Å². The van der Waals surface area contributed by atoms with E-state index in [4.69, 9.17) is 5.11 Å². The Hall–Kier alpha value is -1.59. The van der Waals surface area contributed by atoms with Crippen molar-refractivity contribution in [2.45, 2.75) is 33.2 Å². The van der Waals surface area contributed by atoms with Crippen molar-refractivity contribution in [2.24, 2.45) is 0 Å². The van der Waals surface area contributed by atoms with Gasteiger partial charge in [-0.25, -0.2) is 0 Å². The highest BCUT2D eigenvalue weighted by Crippen LogP contribution is 2.17. The number of hydrogen-bond donors (Lipinski definition) is 1. The smallest absolute Gasteiger partial charge is 0.317 e. The molecule has 5 nitrogen and oxygen atoms in total. The van der Waals surface area contributed by atoms with E-state index in [1.54, 1.807) is 9.80 Å². The first-order chi connectivity index (χ1) is 9.95. The number of halogens is 1. The highest BCUT2D eigenvalue weighted by atomic mass is 35.5. The predicted octanol–water partition coefficient (Wildman–Crippen LogP) is 2.65. The van der Waals surface area contributed by atoms with Gasteiger partial charge in [-0.15, -0.1) is 12.4 Å². The standard InChI is InChI=1S/C16H24N2O3.ClH/c1-4-10-17(12-16(20)21)11-15(19)18(13(2)3)14-8-6-5-7-9-14;/h5-9,13H,4,10-12H2,1-3H3,(H,20,21);1H. The van der Waals surface area contributed by atoms with Crippen LogP contribution in [0.3, 0.4) is 0 Å². The maximum Gasteiger partial charge on any atom is 0.317 e. The third kappa shape index (κ3) is 6.45. The van der Waals surface area contributed by atoms with E-state index < -0.39 is 5.97 Å². The number of aliphatic carboxylic acids is 1. The second kappa shape index (κ2) is 10.2. The van der Waals surface area contributed by atoms with Crippen LogP contribution in [0.2, 0.25) is 0 Å². The Labute approximate surface area is 138 Å². The van der Waals surface area contributed by atoms with Crippen LogP contribution in [0.4, 0.5) is 5.69 Å². The average molecular weight is 329 g/mol. The van der Waals surface area contributed by atoms with Crippen molar-refractivity contribution >= 4 is 30.0 Å². The highest BCUT2D eigenvalue weighted by Gasteiger charge is 2.22. The average Bonchev–Trinajstić information content (AvgIpc) is 2.39. The van der Waals surface area contributed by atoms with Gasteiger partial charge in [0.05, 0.1) is 13.1 Å². The zero-order valence-electron chi connectivity index (χ0n) is 13.4. The fourth-order valence-electron chi connectivity index (χ4n) is 2.31. The summed E-state index contributed by atoms with van der Waals surface area (Å²) < 4.78 is 0. The molecule has 0 aromatic heterocycles. The quantitative estimate of drug-likeness (QED) is 0.797. The fraction of sp³-hybridized carbons (Fsp3) is 0.500. The summed E-state index contributed by atoms with van der Waals surface area (Å²) in [6.07, 6.45) is 0.813. The molecular weight excluding hydrogens is 304 g/mol. The molecule has 22 heavy (non-hydrogen) atoms. The zero-order chi connectivity index (χ0) is 15.8. The molecule has 0 unspecified atom stereocenters. The monoisotopic (exact) mass is 328 g/mol. The van der Waals surface area contributed by atoms with E-state index in [-0.39, 0.29) is 37.4 Å². The summed E-state index contributed by atoms with van der Waals surface area (Å²) >= 11 is 0. The molecule has 0 bridgehead atoms. The lowest BCUT2D eigenvalue weighted by atomic mass is 10.2. The number of carboxylic acids is 1. The summed E-state index contributed by atoms with van der Waals surface area (Å²) in [6, 6.07) is 9.48. The van der Waals surface area contributed by atoms with E-state index >= 15 is 0 Å². The van der Waals surface area contributed by atoms with E-state index in [1.165, 1.54) is 0 Å². The summed E-state index contributed by atoms with van der Waals surface area (Å²) in [7, 11) is 0. The SMILES string of the molecule is CCCN(CC(=O)O)CC(=O)N(c1ccccc1)C(C)C.Cl. The van der Waals surface area contributed by atoms with Crippen molar-refractivity contribution in [3.8, 4) is 0 Å². The molecule has 124 valence electrons. The van der Waals surface area contributed by atoms with Crippen molar-refractivity contribution in [1.29, 1.82) is 0 Å². The van der Waals surface area contributed by atoms with Gasteiger partial charge in [-0.2, -0.15) is 0 Å². The molecule has 1 amide bonds. The van der Waals surface area contributed by atoms with E-state index in [9.17, 15) is 9.59 Å². The van der Waals surface area contributed by atoms with Gasteiger partial charge < -0.3 is 10.0 Å². The van der Waals surface area contributed by atoms with Crippen LogP contribution in [0.1, 0.15) is 27.2 Å². The molecule has 0 atom stereocenters. The van der Waals surface area contributed by atoms with Gasteiger partial charge in [0.1, 0.15) is 0 Å². The van der Waals surface area contributed by atoms with Crippen molar-refractivity contribution in [2.75, 3.05) is 24.5 Å². The number of amides is 1. The molecule has 0 radical (unpaired) electrons. The number of rotatable bonds is 8. The Balaban J connectivity index is 0.00000441. The van der Waals surface area contributed by atoms with Gasteiger partial charge >= 0.3 is 5.97 Å². The predicted molar refractivity (Wildman–Crippen MR) is 90.7 cm³/mol. The molecule has 0 heterocycles. The lowest BCUT2D eigenvalue weighted by Gasteiger charge is -2.29. The minimum Gasteiger partial charge on any atom is -0.480 e. The van der Waals surface area contributed by atoms with E-state index in [0.717, 1.165) is 12.1 Å². The summed E-state index contributed by atoms with van der Waals surface area (Å²) in [5.41, 5.74) is 0.837. The van der Waals surface area contributed by atoms with E-state index in [1.807, 2.05) is 51.1 Å². The van der Waals surface area contributed by atoms with E-state index in [0.29, 0.717) is 6.54 Å². The van der Waals surface area contributed by atoms with Gasteiger partial charge in [0.2, 0.25) is 5.91 Å². The van der Waals surface area contributed by atoms with Gasteiger partial charge in [-0.3, -0.25) is 14.5 Å². The van der Waals surface area contributed by atoms with Gasteiger partial charge in [0, 0.05) is 11.7 Å². The third-order valence-corrected chi connectivity index (χ3v) is 3.08. The topological polar surface area (TPSA) is 60.9 Å². The minimum atomic E-state index is -0.910. The maximum absolute atomic E-state index is 12.5. The van der Waals surface area contributed by atoms with Crippen LogP contribution < -0.4 is 4.90 Å². The number of nitrogens with zero attached hydrogens (tertiary/aromatic N) is 2. The van der Waals surface area contributed by atoms with Crippen molar-refractivity contribution < 1.29 is 14.7 Å². The van der Waals surface area contributed by atoms with Crippen molar-refractivity contribution in [3.63, 3.8) is 0 Å². The zero-order valence-corrected chi connectivity index (χ0v) is 14.2.